The number of aromatic nitrogens is 1. The van der Waals surface area contributed by atoms with Crippen LogP contribution < -0.4 is 10.9 Å². The van der Waals surface area contributed by atoms with E-state index in [1.165, 1.54) is 12.0 Å². The van der Waals surface area contributed by atoms with E-state index in [4.69, 9.17) is 0 Å². The largest absolute Gasteiger partial charge is 0.356 e. The molecule has 2 heterocycles. The molecule has 1 aromatic carbocycles. The molecule has 0 bridgehead atoms. The van der Waals surface area contributed by atoms with E-state index < -0.39 is 0 Å². The van der Waals surface area contributed by atoms with E-state index in [1.807, 2.05) is 30.7 Å². The van der Waals surface area contributed by atoms with E-state index in [2.05, 4.69) is 45.5 Å². The minimum Gasteiger partial charge on any atom is -0.356 e. The highest BCUT2D eigenvalue weighted by Gasteiger charge is 2.25. The number of unbranched alkanes of at least 4 members (excludes halogenated alkanes) is 1. The first-order valence-corrected chi connectivity index (χ1v) is 9.86. The standard InChI is InChI=1S/C22H30N4O/c1-18-9-8-12-21(27)26(18)15-7-6-14-24-22(23-2)25-16-13-20(17-25)19-10-4-3-5-11-19/h3-5,8-12,20H,6-7,13-17H2,1-2H3,(H,23,24). The van der Waals surface area contributed by atoms with Gasteiger partial charge in [-0.05, 0) is 37.8 Å². The van der Waals surface area contributed by atoms with Gasteiger partial charge < -0.3 is 14.8 Å². The zero-order valence-corrected chi connectivity index (χ0v) is 16.4. The second-order valence-electron chi connectivity index (χ2n) is 7.18. The van der Waals surface area contributed by atoms with Crippen molar-refractivity contribution in [3.63, 3.8) is 0 Å². The Hall–Kier alpha value is -2.56. The summed E-state index contributed by atoms with van der Waals surface area (Å²) in [5, 5.41) is 3.49. The first-order chi connectivity index (χ1) is 13.2. The molecule has 1 unspecified atom stereocenters. The summed E-state index contributed by atoms with van der Waals surface area (Å²) >= 11 is 0. The van der Waals surface area contributed by atoms with Crippen LogP contribution in [-0.4, -0.2) is 42.1 Å². The lowest BCUT2D eigenvalue weighted by Crippen LogP contribution is -2.40. The van der Waals surface area contributed by atoms with E-state index in [0.29, 0.717) is 5.92 Å². The van der Waals surface area contributed by atoms with Crippen molar-refractivity contribution in [1.29, 1.82) is 0 Å². The Balaban J connectivity index is 1.43. The smallest absolute Gasteiger partial charge is 0.250 e. The molecular formula is C22H30N4O. The number of rotatable bonds is 6. The molecule has 5 nitrogen and oxygen atoms in total. The van der Waals surface area contributed by atoms with Crippen molar-refractivity contribution in [1.82, 2.24) is 14.8 Å². The number of benzene rings is 1. The number of guanidine groups is 1. The van der Waals surface area contributed by atoms with Gasteiger partial charge in [0.25, 0.3) is 5.56 Å². The van der Waals surface area contributed by atoms with Crippen molar-refractivity contribution in [3.05, 3.63) is 70.1 Å². The number of likely N-dealkylation sites (tertiary alicyclic amines) is 1. The summed E-state index contributed by atoms with van der Waals surface area (Å²) in [4.78, 5) is 18.7. The Kier molecular flexibility index (Phi) is 6.69. The number of nitrogens with zero attached hydrogens (tertiary/aromatic N) is 3. The van der Waals surface area contributed by atoms with Crippen molar-refractivity contribution in [2.24, 2.45) is 4.99 Å². The summed E-state index contributed by atoms with van der Waals surface area (Å²) in [5.74, 6) is 1.57. The first-order valence-electron chi connectivity index (χ1n) is 9.86. The number of hydrogen-bond acceptors (Lipinski definition) is 2. The van der Waals surface area contributed by atoms with Crippen molar-refractivity contribution < 1.29 is 0 Å². The van der Waals surface area contributed by atoms with Crippen LogP contribution in [-0.2, 0) is 6.54 Å². The summed E-state index contributed by atoms with van der Waals surface area (Å²) in [6.07, 6.45) is 3.15. The van der Waals surface area contributed by atoms with Gasteiger partial charge in [-0.2, -0.15) is 0 Å². The molecule has 27 heavy (non-hydrogen) atoms. The van der Waals surface area contributed by atoms with Crippen LogP contribution in [0.5, 0.6) is 0 Å². The third kappa shape index (κ3) is 5.00. The van der Waals surface area contributed by atoms with Crippen LogP contribution in [0.2, 0.25) is 0 Å². The van der Waals surface area contributed by atoms with Crippen LogP contribution in [0.1, 0.15) is 36.4 Å². The predicted octanol–water partition coefficient (Wildman–Crippen LogP) is 3.00. The van der Waals surface area contributed by atoms with Gasteiger partial charge in [-0.3, -0.25) is 9.79 Å². The summed E-state index contributed by atoms with van der Waals surface area (Å²) < 4.78 is 1.85. The SMILES string of the molecule is CN=C(NCCCCn1c(C)cccc1=O)N1CCC(c2ccccc2)C1. The molecule has 2 aromatic rings. The van der Waals surface area contributed by atoms with Gasteiger partial charge in [-0.25, -0.2) is 0 Å². The van der Waals surface area contributed by atoms with Gasteiger partial charge in [0.05, 0.1) is 0 Å². The van der Waals surface area contributed by atoms with Crippen LogP contribution in [0, 0.1) is 6.92 Å². The van der Waals surface area contributed by atoms with Gasteiger partial charge in [-0.1, -0.05) is 36.4 Å². The highest BCUT2D eigenvalue weighted by Crippen LogP contribution is 2.26. The van der Waals surface area contributed by atoms with Crippen LogP contribution in [0.3, 0.4) is 0 Å². The molecule has 0 spiro atoms. The lowest BCUT2D eigenvalue weighted by molar-refractivity contribution is 0.481. The van der Waals surface area contributed by atoms with Gasteiger partial charge in [0.1, 0.15) is 0 Å². The van der Waals surface area contributed by atoms with Gasteiger partial charge in [0.15, 0.2) is 5.96 Å². The molecule has 0 radical (unpaired) electrons. The normalized spacial score (nSPS) is 17.3. The van der Waals surface area contributed by atoms with Crippen molar-refractivity contribution in [2.75, 3.05) is 26.7 Å². The Morgan fingerprint density at radius 2 is 1.96 bits per heavy atom. The molecule has 5 heteroatoms. The van der Waals surface area contributed by atoms with Crippen LogP contribution >= 0.6 is 0 Å². The van der Waals surface area contributed by atoms with E-state index in [0.717, 1.165) is 50.7 Å². The molecule has 1 aromatic heterocycles. The lowest BCUT2D eigenvalue weighted by atomic mass is 9.99. The lowest BCUT2D eigenvalue weighted by Gasteiger charge is -2.22. The fraction of sp³-hybridized carbons (Fsp3) is 0.455. The monoisotopic (exact) mass is 366 g/mol. The summed E-state index contributed by atoms with van der Waals surface area (Å²) in [7, 11) is 1.85. The van der Waals surface area contributed by atoms with E-state index >= 15 is 0 Å². The van der Waals surface area contributed by atoms with E-state index in [9.17, 15) is 4.79 Å². The van der Waals surface area contributed by atoms with Crippen LogP contribution in [0.4, 0.5) is 0 Å². The first kappa shape index (κ1) is 19.2. The highest BCUT2D eigenvalue weighted by molar-refractivity contribution is 5.80. The second kappa shape index (κ2) is 9.40. The topological polar surface area (TPSA) is 49.6 Å². The summed E-state index contributed by atoms with van der Waals surface area (Å²) in [6, 6.07) is 16.2. The number of aliphatic imine (C=N–C) groups is 1. The Bertz CT molecular complexity index is 813. The molecule has 1 fully saturated rings. The average Bonchev–Trinajstić information content (AvgIpc) is 3.17. The fourth-order valence-corrected chi connectivity index (χ4v) is 3.79. The molecule has 144 valence electrons. The molecule has 1 atom stereocenters. The molecule has 1 N–H and O–H groups in total. The molecular weight excluding hydrogens is 336 g/mol. The zero-order valence-electron chi connectivity index (χ0n) is 16.4. The Labute approximate surface area is 161 Å². The van der Waals surface area contributed by atoms with Crippen LogP contribution in [0.25, 0.3) is 0 Å². The molecule has 0 amide bonds. The average molecular weight is 367 g/mol. The third-order valence-corrected chi connectivity index (χ3v) is 5.33. The molecule has 1 aliphatic rings. The molecule has 1 saturated heterocycles. The maximum absolute atomic E-state index is 11.9. The van der Waals surface area contributed by atoms with Crippen molar-refractivity contribution in [2.45, 2.75) is 38.6 Å². The zero-order chi connectivity index (χ0) is 19.1. The Morgan fingerprint density at radius 3 is 2.70 bits per heavy atom. The van der Waals surface area contributed by atoms with Crippen LogP contribution in [0.15, 0.2) is 58.3 Å². The summed E-state index contributed by atoms with van der Waals surface area (Å²) in [5.41, 5.74) is 2.53. The van der Waals surface area contributed by atoms with Gasteiger partial charge in [0.2, 0.25) is 0 Å². The predicted molar refractivity (Wildman–Crippen MR) is 111 cm³/mol. The maximum Gasteiger partial charge on any atom is 0.250 e. The summed E-state index contributed by atoms with van der Waals surface area (Å²) in [6.45, 7) is 5.68. The molecule has 3 rings (SSSR count). The van der Waals surface area contributed by atoms with E-state index in [1.54, 1.807) is 6.07 Å². The van der Waals surface area contributed by atoms with Crippen molar-refractivity contribution in [3.8, 4) is 0 Å². The Morgan fingerprint density at radius 1 is 1.15 bits per heavy atom. The van der Waals surface area contributed by atoms with Gasteiger partial charge in [-0.15, -0.1) is 0 Å². The number of pyridine rings is 1. The van der Waals surface area contributed by atoms with Gasteiger partial charge >= 0.3 is 0 Å². The highest BCUT2D eigenvalue weighted by atomic mass is 16.1. The quantitative estimate of drug-likeness (QED) is 0.486. The minimum atomic E-state index is 0.0859. The van der Waals surface area contributed by atoms with Crippen molar-refractivity contribution >= 4 is 5.96 Å². The van der Waals surface area contributed by atoms with Gasteiger partial charge in [0, 0.05) is 50.9 Å². The number of hydrogen-bond donors (Lipinski definition) is 1. The maximum atomic E-state index is 11.9. The number of nitrogens with one attached hydrogen (secondary N) is 1. The fourth-order valence-electron chi connectivity index (χ4n) is 3.79. The second-order valence-corrected chi connectivity index (χ2v) is 7.18. The molecule has 0 saturated carbocycles. The third-order valence-electron chi connectivity index (χ3n) is 5.33. The van der Waals surface area contributed by atoms with E-state index in [-0.39, 0.29) is 5.56 Å². The molecule has 0 aliphatic carbocycles. The molecule has 1 aliphatic heterocycles. The number of aryl methyl sites for hydroxylation is 1. The minimum absolute atomic E-state index is 0.0859.